The molecule has 10 aromatic rings. The molecule has 382 valence electrons. The van der Waals surface area contributed by atoms with Crippen molar-refractivity contribution >= 4 is 69.4 Å². The fraction of sp³-hybridized carbons (Fsp3) is 0.0833. The average molecular weight is 1020 g/mol. The highest BCUT2D eigenvalue weighted by atomic mass is 16.5. The number of carbonyl (C=O) groups excluding carboxylic acids is 2. The van der Waals surface area contributed by atoms with Crippen LogP contribution in [0.25, 0.3) is 34.4 Å². The molecule has 0 saturated heterocycles. The number of anilines is 6. The molecule has 0 amide bonds. The molecular weight excluding hydrogens is 957 g/mol. The van der Waals surface area contributed by atoms with Gasteiger partial charge in [0.05, 0.1) is 0 Å². The summed E-state index contributed by atoms with van der Waals surface area (Å²) in [7, 11) is 0. The van der Waals surface area contributed by atoms with Gasteiger partial charge in [-0.15, -0.1) is 0 Å². The number of hydrogen-bond donors (Lipinski definition) is 0. The molecule has 10 aromatic carbocycles. The number of nitrogens with zero attached hydrogens (tertiary/aromatic N) is 2. The van der Waals surface area contributed by atoms with Crippen LogP contribution in [0, 0.1) is 13.8 Å². The molecule has 0 spiro atoms. The predicted octanol–water partition coefficient (Wildman–Crippen LogP) is 18.2. The Morgan fingerprint density at radius 2 is 0.641 bits per heavy atom. The maximum Gasteiger partial charge on any atom is 0.302 e. The van der Waals surface area contributed by atoms with Crippen LogP contribution in [0.3, 0.4) is 0 Å². The van der Waals surface area contributed by atoms with E-state index in [1.54, 1.807) is 0 Å². The SMILES string of the molecule is CC(=O)OCc1ccc(N(c2ccc(C=C(c3ccccc3)c3ccccc3)cc2)c2ccc(-c3ccc(N(c4ccc(C=C(c5ccccc5)c5ccccc5)cc4)c4ccc(COC(C)=O)cc4)c(C)c3)cc2C)cc1. The van der Waals surface area contributed by atoms with Crippen molar-refractivity contribution in [3.8, 4) is 11.1 Å². The molecule has 78 heavy (non-hydrogen) atoms. The summed E-state index contributed by atoms with van der Waals surface area (Å²) in [6.07, 6.45) is 4.50. The molecule has 0 atom stereocenters. The van der Waals surface area contributed by atoms with E-state index in [-0.39, 0.29) is 25.2 Å². The van der Waals surface area contributed by atoms with Crippen LogP contribution in [-0.4, -0.2) is 11.9 Å². The van der Waals surface area contributed by atoms with E-state index in [2.05, 4.69) is 242 Å². The van der Waals surface area contributed by atoms with E-state index in [9.17, 15) is 9.59 Å². The molecule has 0 bridgehead atoms. The summed E-state index contributed by atoms with van der Waals surface area (Å²) in [6.45, 7) is 7.62. The van der Waals surface area contributed by atoms with Crippen LogP contribution in [0.1, 0.15) is 69.5 Å². The van der Waals surface area contributed by atoms with Crippen molar-refractivity contribution in [2.45, 2.75) is 40.9 Å². The van der Waals surface area contributed by atoms with Crippen LogP contribution in [0.15, 0.2) is 255 Å². The molecular formula is C72H60N2O4. The Morgan fingerprint density at radius 1 is 0.359 bits per heavy atom. The molecule has 0 N–H and O–H groups in total. The van der Waals surface area contributed by atoms with Crippen LogP contribution < -0.4 is 9.80 Å². The lowest BCUT2D eigenvalue weighted by atomic mass is 9.95. The molecule has 0 aliphatic carbocycles. The zero-order chi connectivity index (χ0) is 53.8. The summed E-state index contributed by atoms with van der Waals surface area (Å²) in [5, 5.41) is 0. The molecule has 0 saturated carbocycles. The Kier molecular flexibility index (Phi) is 16.1. The van der Waals surface area contributed by atoms with Gasteiger partial charge in [-0.2, -0.15) is 0 Å². The van der Waals surface area contributed by atoms with Crippen molar-refractivity contribution < 1.29 is 19.1 Å². The quantitative estimate of drug-likeness (QED) is 0.0669. The summed E-state index contributed by atoms with van der Waals surface area (Å²) in [5.74, 6) is -0.620. The highest BCUT2D eigenvalue weighted by Gasteiger charge is 2.19. The van der Waals surface area contributed by atoms with Crippen LogP contribution in [0.2, 0.25) is 0 Å². The Balaban J connectivity index is 0.983. The van der Waals surface area contributed by atoms with E-state index in [1.807, 2.05) is 48.5 Å². The predicted molar refractivity (Wildman–Crippen MR) is 321 cm³/mol. The van der Waals surface area contributed by atoms with Gasteiger partial charge in [-0.05, 0) is 177 Å². The van der Waals surface area contributed by atoms with Crippen molar-refractivity contribution in [2.24, 2.45) is 0 Å². The molecule has 0 aliphatic rings. The lowest BCUT2D eigenvalue weighted by molar-refractivity contribution is -0.143. The number of esters is 2. The monoisotopic (exact) mass is 1020 g/mol. The number of hydrogen-bond acceptors (Lipinski definition) is 6. The lowest BCUT2D eigenvalue weighted by Gasteiger charge is -2.28. The number of aryl methyl sites for hydroxylation is 2. The van der Waals surface area contributed by atoms with Gasteiger partial charge in [0, 0.05) is 48.0 Å². The van der Waals surface area contributed by atoms with Crippen molar-refractivity contribution in [2.75, 3.05) is 9.80 Å². The van der Waals surface area contributed by atoms with E-state index in [1.165, 1.54) is 13.8 Å². The minimum Gasteiger partial charge on any atom is -0.461 e. The normalized spacial score (nSPS) is 10.8. The van der Waals surface area contributed by atoms with Crippen molar-refractivity contribution in [1.82, 2.24) is 0 Å². The van der Waals surface area contributed by atoms with Gasteiger partial charge in [0.25, 0.3) is 0 Å². The number of rotatable bonds is 17. The number of benzene rings is 10. The highest BCUT2D eigenvalue weighted by Crippen LogP contribution is 2.42. The van der Waals surface area contributed by atoms with Gasteiger partial charge < -0.3 is 19.3 Å². The maximum atomic E-state index is 11.7. The fourth-order valence-electron chi connectivity index (χ4n) is 9.79. The van der Waals surface area contributed by atoms with Gasteiger partial charge in [-0.1, -0.05) is 182 Å². The van der Waals surface area contributed by atoms with Crippen molar-refractivity contribution in [3.05, 3.63) is 310 Å². The molecule has 0 unspecified atom stereocenters. The molecule has 10 rings (SSSR count). The minimum atomic E-state index is -0.310. The maximum absolute atomic E-state index is 11.7. The third-order valence-electron chi connectivity index (χ3n) is 13.7. The van der Waals surface area contributed by atoms with E-state index in [0.29, 0.717) is 0 Å². The molecule has 0 aromatic heterocycles. The number of ether oxygens (including phenoxy) is 2. The summed E-state index contributed by atoms with van der Waals surface area (Å²) >= 11 is 0. The second-order valence-electron chi connectivity index (χ2n) is 19.3. The van der Waals surface area contributed by atoms with E-state index < -0.39 is 0 Å². The highest BCUT2D eigenvalue weighted by molar-refractivity contribution is 5.93. The molecule has 0 aliphatic heterocycles. The van der Waals surface area contributed by atoms with Gasteiger partial charge in [0.15, 0.2) is 0 Å². The summed E-state index contributed by atoms with van der Waals surface area (Å²) < 4.78 is 10.7. The Labute approximate surface area is 458 Å². The molecule has 6 nitrogen and oxygen atoms in total. The van der Waals surface area contributed by atoms with Gasteiger partial charge >= 0.3 is 11.9 Å². The van der Waals surface area contributed by atoms with Crippen LogP contribution in [0.5, 0.6) is 0 Å². The standard InChI is InChI=1S/C72H60N2O4/c1-51-45-63(33-43-71(51)73(67-39-29-57(30-40-67)49-77-53(3)75)65-35-25-55(26-36-65)47-69(59-17-9-5-10-18-59)60-19-11-6-12-20-60)64-34-44-72(52(2)46-64)74(68-41-31-58(32-42-68)50-78-54(4)76)66-37-27-56(28-38-66)48-70(61-21-13-7-14-22-61)62-23-15-8-16-24-62/h5-48H,49-50H2,1-4H3. The molecule has 0 fully saturated rings. The summed E-state index contributed by atoms with van der Waals surface area (Å²) in [5.41, 5.74) is 21.4. The van der Waals surface area contributed by atoms with E-state index >= 15 is 0 Å². The zero-order valence-corrected chi connectivity index (χ0v) is 44.3. The summed E-state index contributed by atoms with van der Waals surface area (Å²) in [6, 6.07) is 89.2. The Morgan fingerprint density at radius 3 is 0.910 bits per heavy atom. The van der Waals surface area contributed by atoms with Gasteiger partial charge in [0.2, 0.25) is 0 Å². The molecule has 0 heterocycles. The van der Waals surface area contributed by atoms with Gasteiger partial charge in [-0.25, -0.2) is 0 Å². The van der Waals surface area contributed by atoms with Gasteiger partial charge in [-0.3, -0.25) is 9.59 Å². The van der Waals surface area contributed by atoms with Crippen LogP contribution in [-0.2, 0) is 32.3 Å². The third-order valence-corrected chi connectivity index (χ3v) is 13.7. The third kappa shape index (κ3) is 12.5. The van der Waals surface area contributed by atoms with Crippen LogP contribution >= 0.6 is 0 Å². The molecule has 6 heteroatoms. The second kappa shape index (κ2) is 24.3. The first-order chi connectivity index (χ1) is 38.1. The van der Waals surface area contributed by atoms with Crippen molar-refractivity contribution in [3.63, 3.8) is 0 Å². The Hall–Kier alpha value is -9.78. The van der Waals surface area contributed by atoms with Crippen LogP contribution in [0.4, 0.5) is 34.1 Å². The second-order valence-corrected chi connectivity index (χ2v) is 19.3. The van der Waals surface area contributed by atoms with Crippen molar-refractivity contribution in [1.29, 1.82) is 0 Å². The number of carbonyl (C=O) groups is 2. The average Bonchev–Trinajstić information content (AvgIpc) is 3.51. The molecule has 0 radical (unpaired) electrons. The zero-order valence-electron chi connectivity index (χ0n) is 44.3. The topological polar surface area (TPSA) is 59.1 Å². The first-order valence-electron chi connectivity index (χ1n) is 26.3. The van der Waals surface area contributed by atoms with Gasteiger partial charge in [0.1, 0.15) is 13.2 Å². The Bertz CT molecular complexity index is 3370. The first kappa shape index (κ1) is 51.7. The lowest BCUT2D eigenvalue weighted by Crippen LogP contribution is -2.12. The fourth-order valence-corrected chi connectivity index (χ4v) is 9.79. The van der Waals surface area contributed by atoms with E-state index in [0.717, 1.165) is 112 Å². The largest absolute Gasteiger partial charge is 0.461 e. The summed E-state index contributed by atoms with van der Waals surface area (Å²) in [4.78, 5) is 27.9. The van der Waals surface area contributed by atoms with E-state index in [4.69, 9.17) is 9.47 Å². The first-order valence-corrected chi connectivity index (χ1v) is 26.3. The minimum absolute atomic E-state index is 0.213. The smallest absolute Gasteiger partial charge is 0.302 e.